The van der Waals surface area contributed by atoms with Crippen molar-refractivity contribution in [2.45, 2.75) is 39.0 Å². The second kappa shape index (κ2) is 7.84. The van der Waals surface area contributed by atoms with Gasteiger partial charge in [-0.1, -0.05) is 6.42 Å². The quantitative estimate of drug-likeness (QED) is 0.245. The van der Waals surface area contributed by atoms with Crippen molar-refractivity contribution in [1.82, 2.24) is 10.3 Å². The predicted octanol–water partition coefficient (Wildman–Crippen LogP) is 1.60. The van der Waals surface area contributed by atoms with Crippen LogP contribution in [0.3, 0.4) is 0 Å². The molecule has 20 heavy (non-hydrogen) atoms. The molecule has 0 aromatic carbocycles. The van der Waals surface area contributed by atoms with Crippen LogP contribution in [0, 0.1) is 17.8 Å². The van der Waals surface area contributed by atoms with Crippen molar-refractivity contribution in [2.75, 3.05) is 33.4 Å². The van der Waals surface area contributed by atoms with Crippen molar-refractivity contribution >= 4 is 5.96 Å². The van der Waals surface area contributed by atoms with E-state index in [2.05, 4.69) is 22.4 Å². The van der Waals surface area contributed by atoms with Crippen LogP contribution in [0.15, 0.2) is 4.99 Å². The molecule has 0 amide bonds. The van der Waals surface area contributed by atoms with E-state index in [1.165, 1.54) is 25.7 Å². The third kappa shape index (κ3) is 4.09. The SMILES string of the molecule is CCOCCCN=C(NN)N(C)CC1CC2CCC1C2. The van der Waals surface area contributed by atoms with Gasteiger partial charge in [-0.25, -0.2) is 5.84 Å². The van der Waals surface area contributed by atoms with Gasteiger partial charge in [-0.15, -0.1) is 0 Å². The molecule has 0 radical (unpaired) electrons. The summed E-state index contributed by atoms with van der Waals surface area (Å²) in [5, 5.41) is 0. The Balaban J connectivity index is 1.73. The van der Waals surface area contributed by atoms with Gasteiger partial charge >= 0.3 is 0 Å². The summed E-state index contributed by atoms with van der Waals surface area (Å²) >= 11 is 0. The monoisotopic (exact) mass is 282 g/mol. The molecule has 5 nitrogen and oxygen atoms in total. The summed E-state index contributed by atoms with van der Waals surface area (Å²) < 4.78 is 5.32. The number of hydrogen-bond donors (Lipinski definition) is 2. The van der Waals surface area contributed by atoms with Crippen LogP contribution in [0.25, 0.3) is 0 Å². The second-order valence-corrected chi connectivity index (χ2v) is 6.22. The zero-order valence-electron chi connectivity index (χ0n) is 13.0. The highest BCUT2D eigenvalue weighted by Crippen LogP contribution is 2.48. The smallest absolute Gasteiger partial charge is 0.208 e. The first kappa shape index (κ1) is 15.6. The van der Waals surface area contributed by atoms with Crippen LogP contribution < -0.4 is 11.3 Å². The molecular formula is C15H30N4O. The number of ether oxygens (including phenoxy) is 1. The molecule has 2 aliphatic rings. The lowest BCUT2D eigenvalue weighted by Gasteiger charge is -2.28. The minimum atomic E-state index is 0.764. The number of aliphatic imine (C=N–C) groups is 1. The van der Waals surface area contributed by atoms with Crippen molar-refractivity contribution in [1.29, 1.82) is 0 Å². The molecular weight excluding hydrogens is 252 g/mol. The summed E-state index contributed by atoms with van der Waals surface area (Å²) in [5.41, 5.74) is 2.75. The van der Waals surface area contributed by atoms with Gasteiger partial charge in [0.05, 0.1) is 0 Å². The molecule has 3 unspecified atom stereocenters. The molecule has 0 spiro atoms. The number of hydrogen-bond acceptors (Lipinski definition) is 3. The second-order valence-electron chi connectivity index (χ2n) is 6.22. The maximum atomic E-state index is 5.61. The molecule has 0 aliphatic heterocycles. The van der Waals surface area contributed by atoms with Gasteiger partial charge in [-0.3, -0.25) is 10.4 Å². The number of guanidine groups is 1. The summed E-state index contributed by atoms with van der Waals surface area (Å²) in [4.78, 5) is 6.73. The molecule has 0 aromatic heterocycles. The normalized spacial score (nSPS) is 28.9. The van der Waals surface area contributed by atoms with Gasteiger partial charge in [0.2, 0.25) is 5.96 Å². The highest BCUT2D eigenvalue weighted by Gasteiger charge is 2.39. The summed E-state index contributed by atoms with van der Waals surface area (Å²) in [6.45, 7) is 5.40. The van der Waals surface area contributed by atoms with E-state index in [0.29, 0.717) is 0 Å². The van der Waals surface area contributed by atoms with Crippen LogP contribution in [0.1, 0.15) is 39.0 Å². The van der Waals surface area contributed by atoms with Crippen LogP contribution in [-0.2, 0) is 4.74 Å². The van der Waals surface area contributed by atoms with Gasteiger partial charge in [0.1, 0.15) is 0 Å². The first-order valence-corrected chi connectivity index (χ1v) is 8.04. The zero-order valence-corrected chi connectivity index (χ0v) is 13.0. The lowest BCUT2D eigenvalue weighted by atomic mass is 9.88. The average molecular weight is 282 g/mol. The zero-order chi connectivity index (χ0) is 14.4. The van der Waals surface area contributed by atoms with E-state index in [1.54, 1.807) is 0 Å². The van der Waals surface area contributed by atoms with Gasteiger partial charge in [0.15, 0.2) is 0 Å². The molecule has 3 atom stereocenters. The highest BCUT2D eigenvalue weighted by molar-refractivity contribution is 5.79. The lowest BCUT2D eigenvalue weighted by molar-refractivity contribution is 0.146. The van der Waals surface area contributed by atoms with E-state index in [0.717, 1.165) is 56.4 Å². The summed E-state index contributed by atoms with van der Waals surface area (Å²) in [6, 6.07) is 0. The van der Waals surface area contributed by atoms with Crippen LogP contribution >= 0.6 is 0 Å². The van der Waals surface area contributed by atoms with Gasteiger partial charge in [-0.2, -0.15) is 0 Å². The Bertz CT molecular complexity index is 321. The fourth-order valence-electron chi connectivity index (χ4n) is 3.81. The van der Waals surface area contributed by atoms with Crippen LogP contribution in [0.4, 0.5) is 0 Å². The molecule has 5 heteroatoms. The summed E-state index contributed by atoms with van der Waals surface area (Å²) in [7, 11) is 2.09. The van der Waals surface area contributed by atoms with Crippen molar-refractivity contribution in [2.24, 2.45) is 28.6 Å². The molecule has 2 bridgehead atoms. The van der Waals surface area contributed by atoms with Crippen molar-refractivity contribution in [3.8, 4) is 0 Å². The third-order valence-electron chi connectivity index (χ3n) is 4.80. The molecule has 0 aromatic rings. The maximum absolute atomic E-state index is 5.61. The first-order chi connectivity index (χ1) is 9.74. The maximum Gasteiger partial charge on any atom is 0.208 e. The number of hydrazine groups is 1. The Morgan fingerprint density at radius 3 is 2.85 bits per heavy atom. The van der Waals surface area contributed by atoms with E-state index in [4.69, 9.17) is 10.6 Å². The minimum Gasteiger partial charge on any atom is -0.382 e. The molecule has 2 fully saturated rings. The predicted molar refractivity (Wildman–Crippen MR) is 82.3 cm³/mol. The van der Waals surface area contributed by atoms with Gasteiger partial charge in [0.25, 0.3) is 0 Å². The average Bonchev–Trinajstić information content (AvgIpc) is 3.05. The number of nitrogens with zero attached hydrogens (tertiary/aromatic N) is 2. The Morgan fingerprint density at radius 1 is 1.40 bits per heavy atom. The number of nitrogens with two attached hydrogens (primary N) is 1. The number of nitrogens with one attached hydrogen (secondary N) is 1. The molecule has 2 rings (SSSR count). The van der Waals surface area contributed by atoms with Crippen molar-refractivity contribution in [3.63, 3.8) is 0 Å². The Labute approximate surface area is 122 Å². The van der Waals surface area contributed by atoms with Crippen molar-refractivity contribution < 1.29 is 4.74 Å². The van der Waals surface area contributed by atoms with E-state index >= 15 is 0 Å². The molecule has 0 saturated heterocycles. The fraction of sp³-hybridized carbons (Fsp3) is 0.933. The van der Waals surface area contributed by atoms with E-state index in [9.17, 15) is 0 Å². The van der Waals surface area contributed by atoms with Crippen LogP contribution in [0.5, 0.6) is 0 Å². The van der Waals surface area contributed by atoms with Crippen molar-refractivity contribution in [3.05, 3.63) is 0 Å². The van der Waals surface area contributed by atoms with Gasteiger partial charge < -0.3 is 9.64 Å². The van der Waals surface area contributed by atoms with Gasteiger partial charge in [0, 0.05) is 33.4 Å². The fourth-order valence-corrected chi connectivity index (χ4v) is 3.81. The summed E-state index contributed by atoms with van der Waals surface area (Å²) in [6.07, 6.45) is 6.69. The largest absolute Gasteiger partial charge is 0.382 e. The standard InChI is InChI=1S/C15H30N4O/c1-3-20-8-4-7-17-15(18-16)19(2)11-14-10-12-5-6-13(14)9-12/h12-14H,3-11,16H2,1-2H3,(H,17,18). The minimum absolute atomic E-state index is 0.764. The molecule has 0 heterocycles. The first-order valence-electron chi connectivity index (χ1n) is 8.04. The van der Waals surface area contributed by atoms with E-state index in [1.807, 2.05) is 6.92 Å². The Hall–Kier alpha value is -0.810. The molecule has 3 N–H and O–H groups in total. The summed E-state index contributed by atoms with van der Waals surface area (Å²) in [5.74, 6) is 9.19. The number of fused-ring (bicyclic) bond motifs is 2. The van der Waals surface area contributed by atoms with E-state index < -0.39 is 0 Å². The molecule has 2 aliphatic carbocycles. The molecule has 116 valence electrons. The number of rotatable bonds is 7. The third-order valence-corrected chi connectivity index (χ3v) is 4.80. The van der Waals surface area contributed by atoms with Crippen LogP contribution in [-0.4, -0.2) is 44.2 Å². The van der Waals surface area contributed by atoms with Crippen LogP contribution in [0.2, 0.25) is 0 Å². The topological polar surface area (TPSA) is 62.9 Å². The Kier molecular flexibility index (Phi) is 6.10. The Morgan fingerprint density at radius 2 is 2.25 bits per heavy atom. The van der Waals surface area contributed by atoms with Gasteiger partial charge in [-0.05, 0) is 50.4 Å². The highest BCUT2D eigenvalue weighted by atomic mass is 16.5. The molecule has 2 saturated carbocycles. The van der Waals surface area contributed by atoms with E-state index in [-0.39, 0.29) is 0 Å². The lowest BCUT2D eigenvalue weighted by Crippen LogP contribution is -2.45.